The van der Waals surface area contributed by atoms with Gasteiger partial charge in [-0.15, -0.1) is 23.1 Å². The van der Waals surface area contributed by atoms with Crippen LogP contribution < -0.4 is 26.5 Å². The molecule has 3 aliphatic rings. The topological polar surface area (TPSA) is 197 Å². The zero-order valence-corrected chi connectivity index (χ0v) is 20.8. The van der Waals surface area contributed by atoms with Gasteiger partial charge in [-0.05, 0) is 12.8 Å². The number of pyridine rings is 1. The maximum atomic E-state index is 13.1. The number of nitrogens with two attached hydrogens (primary N) is 2. The summed E-state index contributed by atoms with van der Waals surface area (Å²) in [5, 5.41) is 19.8. The van der Waals surface area contributed by atoms with Gasteiger partial charge in [-0.1, -0.05) is 5.16 Å². The van der Waals surface area contributed by atoms with Crippen molar-refractivity contribution in [3.05, 3.63) is 52.4 Å². The van der Waals surface area contributed by atoms with Crippen molar-refractivity contribution in [2.45, 2.75) is 36.9 Å². The second-order valence-electron chi connectivity index (χ2n) is 8.54. The Hall–Kier alpha value is -3.98. The van der Waals surface area contributed by atoms with E-state index in [9.17, 15) is 24.3 Å². The van der Waals surface area contributed by atoms with Crippen molar-refractivity contribution in [3.8, 4) is 0 Å². The Morgan fingerprint density at radius 2 is 2.03 bits per heavy atom. The monoisotopic (exact) mass is 543 g/mol. The number of carboxylic acid groups (broad SMARTS) is 1. The number of rotatable bonds is 9. The number of primary amides is 1. The minimum atomic E-state index is -1.49. The molecule has 2 aliphatic heterocycles. The smallest absolute Gasteiger partial charge is 0.276 e. The van der Waals surface area contributed by atoms with Gasteiger partial charge in [0.25, 0.3) is 11.8 Å². The maximum Gasteiger partial charge on any atom is 0.276 e. The summed E-state index contributed by atoms with van der Waals surface area (Å²) in [6.07, 6.45) is 4.79. The number of nitrogen functional groups attached to an aromatic ring is 1. The fraction of sp³-hybridized carbons (Fsp3) is 0.318. The van der Waals surface area contributed by atoms with Gasteiger partial charge < -0.3 is 31.5 Å². The van der Waals surface area contributed by atoms with E-state index in [-0.39, 0.29) is 40.6 Å². The van der Waals surface area contributed by atoms with Gasteiger partial charge >= 0.3 is 0 Å². The summed E-state index contributed by atoms with van der Waals surface area (Å²) in [5.74, 6) is -3.06. The lowest BCUT2D eigenvalue weighted by Gasteiger charge is -2.50. The number of amides is 3. The average Bonchev–Trinajstić information content (AvgIpc) is 3.60. The van der Waals surface area contributed by atoms with Crippen LogP contribution >= 0.6 is 23.1 Å². The van der Waals surface area contributed by atoms with Gasteiger partial charge in [0.15, 0.2) is 29.8 Å². The number of thioether (sulfide) groups is 1. The first kappa shape index (κ1) is 24.7. The van der Waals surface area contributed by atoms with Gasteiger partial charge in [-0.25, -0.2) is 9.55 Å². The van der Waals surface area contributed by atoms with Gasteiger partial charge in [0.05, 0.1) is 17.2 Å². The van der Waals surface area contributed by atoms with Crippen LogP contribution in [0.25, 0.3) is 0 Å². The summed E-state index contributed by atoms with van der Waals surface area (Å²) in [6.45, 7) is 0.156. The Morgan fingerprint density at radius 1 is 1.30 bits per heavy atom. The van der Waals surface area contributed by atoms with Crippen LogP contribution in [0.15, 0.2) is 46.3 Å². The molecule has 2 atom stereocenters. The van der Waals surface area contributed by atoms with E-state index < -0.39 is 35.1 Å². The van der Waals surface area contributed by atoms with Gasteiger partial charge in [-0.2, -0.15) is 0 Å². The molecule has 192 valence electrons. The van der Waals surface area contributed by atoms with Crippen LogP contribution in [0.1, 0.15) is 28.9 Å². The number of carbonyl (C=O) groups excluding carboxylic acids is 4. The quantitative estimate of drug-likeness (QED) is 0.140. The minimum Gasteiger partial charge on any atom is -0.543 e. The lowest BCUT2D eigenvalue weighted by Crippen LogP contribution is -2.71. The maximum absolute atomic E-state index is 13.1. The number of carbonyl (C=O) groups is 4. The molecule has 2 aromatic heterocycles. The SMILES string of the molecule is NC(=O)c1cc[n+](CC2=C(C(=O)[O-])N3C(=O)[C@@H](NC(=O)C(=NOC4CC4)c4csc(N)n4)[C@@H]3SC2)cc1. The Balaban J connectivity index is 1.32. The molecule has 0 bridgehead atoms. The highest BCUT2D eigenvalue weighted by molar-refractivity contribution is 8.00. The molecule has 1 saturated carbocycles. The molecule has 3 amide bonds. The van der Waals surface area contributed by atoms with E-state index in [4.69, 9.17) is 16.3 Å². The number of nitrogens with zero attached hydrogens (tertiary/aromatic N) is 4. The first-order valence-corrected chi connectivity index (χ1v) is 13.1. The molecular formula is C22H21N7O6S2. The van der Waals surface area contributed by atoms with E-state index in [1.807, 2.05) is 0 Å². The summed E-state index contributed by atoms with van der Waals surface area (Å²) < 4.78 is 1.66. The van der Waals surface area contributed by atoms with Crippen molar-refractivity contribution in [2.24, 2.45) is 10.9 Å². The zero-order chi connectivity index (χ0) is 26.3. The molecule has 1 aliphatic carbocycles. The van der Waals surface area contributed by atoms with Crippen molar-refractivity contribution in [3.63, 3.8) is 0 Å². The molecule has 15 heteroatoms. The number of oxime groups is 1. The van der Waals surface area contributed by atoms with Gasteiger partial charge in [-0.3, -0.25) is 19.3 Å². The molecule has 0 spiro atoms. The predicted molar refractivity (Wildman–Crippen MR) is 129 cm³/mol. The summed E-state index contributed by atoms with van der Waals surface area (Å²) in [6, 6.07) is 2.06. The fourth-order valence-corrected chi connectivity index (χ4v) is 5.73. The second-order valence-corrected chi connectivity index (χ2v) is 10.5. The number of aromatic nitrogens is 2. The van der Waals surface area contributed by atoms with E-state index in [2.05, 4.69) is 15.5 Å². The van der Waals surface area contributed by atoms with Crippen molar-refractivity contribution >= 4 is 57.6 Å². The highest BCUT2D eigenvalue weighted by atomic mass is 32.2. The summed E-state index contributed by atoms with van der Waals surface area (Å²) in [4.78, 5) is 59.9. The fourth-order valence-electron chi connectivity index (χ4n) is 3.85. The van der Waals surface area contributed by atoms with Crippen LogP contribution in [0.2, 0.25) is 0 Å². The Kier molecular flexibility index (Phi) is 6.55. The molecule has 0 unspecified atom stereocenters. The van der Waals surface area contributed by atoms with Crippen molar-refractivity contribution in [1.29, 1.82) is 0 Å². The van der Waals surface area contributed by atoms with Crippen LogP contribution in [0, 0.1) is 0 Å². The highest BCUT2D eigenvalue weighted by Crippen LogP contribution is 2.40. The number of fused-ring (bicyclic) bond motifs is 1. The molecule has 2 aromatic rings. The largest absolute Gasteiger partial charge is 0.543 e. The van der Waals surface area contributed by atoms with E-state index in [0.29, 0.717) is 11.1 Å². The molecule has 0 radical (unpaired) electrons. The number of β-lactam (4-membered cyclic amide) rings is 1. The lowest BCUT2D eigenvalue weighted by molar-refractivity contribution is -0.689. The first-order valence-electron chi connectivity index (χ1n) is 11.2. The predicted octanol–water partition coefficient (Wildman–Crippen LogP) is -1.90. The third kappa shape index (κ3) is 4.99. The molecule has 0 aromatic carbocycles. The van der Waals surface area contributed by atoms with E-state index >= 15 is 0 Å². The number of aliphatic carboxylic acids is 1. The van der Waals surface area contributed by atoms with Gasteiger partial charge in [0, 0.05) is 28.8 Å². The van der Waals surface area contributed by atoms with Crippen molar-refractivity contribution in [1.82, 2.24) is 15.2 Å². The lowest BCUT2D eigenvalue weighted by atomic mass is 10.0. The van der Waals surface area contributed by atoms with E-state index in [1.165, 1.54) is 23.9 Å². The standard InChI is InChI=1S/C22H21N7O6S2/c23-17(30)10-3-5-28(6-4-10)7-11-8-36-20-15(19(32)29(20)16(11)21(33)34)26-18(31)14(27-35-12-1-2-12)13-9-37-22(24)25-13/h3-6,9,12,15,20H,1-2,7-8H2,(H5-,23,24,25,26,30,31,33,34)/t15-,20+/m1/s1. The molecule has 13 nitrogen and oxygen atoms in total. The second kappa shape index (κ2) is 9.82. The Labute approximate surface area is 218 Å². The molecule has 1 saturated heterocycles. The summed E-state index contributed by atoms with van der Waals surface area (Å²) in [7, 11) is 0. The van der Waals surface area contributed by atoms with Crippen LogP contribution in [0.4, 0.5) is 5.13 Å². The van der Waals surface area contributed by atoms with Crippen molar-refractivity contribution in [2.75, 3.05) is 11.5 Å². The van der Waals surface area contributed by atoms with Crippen LogP contribution in [-0.2, 0) is 25.8 Å². The zero-order valence-electron chi connectivity index (χ0n) is 19.2. The highest BCUT2D eigenvalue weighted by Gasteiger charge is 2.53. The van der Waals surface area contributed by atoms with Crippen LogP contribution in [0.5, 0.6) is 0 Å². The molecular weight excluding hydrogens is 522 g/mol. The first-order chi connectivity index (χ1) is 17.7. The van der Waals surface area contributed by atoms with E-state index in [1.54, 1.807) is 22.3 Å². The third-order valence-corrected chi connectivity index (χ3v) is 7.89. The number of hydrogen-bond acceptors (Lipinski definition) is 11. The number of nitrogens with one attached hydrogen (secondary N) is 1. The van der Waals surface area contributed by atoms with Crippen LogP contribution in [-0.4, -0.2) is 62.6 Å². The Morgan fingerprint density at radius 3 is 2.62 bits per heavy atom. The van der Waals surface area contributed by atoms with Crippen LogP contribution in [0.3, 0.4) is 0 Å². The van der Waals surface area contributed by atoms with Gasteiger partial charge in [0.1, 0.15) is 23.2 Å². The molecule has 4 heterocycles. The number of carboxylic acids is 1. The minimum absolute atomic E-state index is 0.0624. The number of thiazole rings is 1. The van der Waals surface area contributed by atoms with Gasteiger partial charge in [0.2, 0.25) is 5.91 Å². The number of anilines is 1. The molecule has 37 heavy (non-hydrogen) atoms. The normalized spacial score (nSPS) is 21.2. The summed E-state index contributed by atoms with van der Waals surface area (Å²) >= 11 is 2.44. The van der Waals surface area contributed by atoms with Crippen molar-refractivity contribution < 1.29 is 33.7 Å². The molecule has 5 N–H and O–H groups in total. The number of hydrogen-bond donors (Lipinski definition) is 3. The third-order valence-electron chi connectivity index (χ3n) is 5.87. The Bertz CT molecular complexity index is 1350. The average molecular weight is 544 g/mol. The summed E-state index contributed by atoms with van der Waals surface area (Å²) in [5.41, 5.74) is 11.6. The van der Waals surface area contributed by atoms with E-state index in [0.717, 1.165) is 29.1 Å². The molecule has 2 fully saturated rings. The molecule has 5 rings (SSSR count).